The fraction of sp³-hybridized carbons (Fsp3) is 0.600. The second kappa shape index (κ2) is 6.88. The third-order valence-electron chi connectivity index (χ3n) is 5.44. The first kappa shape index (κ1) is 17.7. The van der Waals surface area contributed by atoms with E-state index in [0.717, 1.165) is 16.6 Å². The molecule has 0 fully saturated rings. The van der Waals surface area contributed by atoms with E-state index in [1.54, 1.807) is 15.5 Å². The molecule has 0 N–H and O–H groups in total. The molecule has 22 heavy (non-hydrogen) atoms. The number of hydrogen-bond acceptors (Lipinski definition) is 1. The summed E-state index contributed by atoms with van der Waals surface area (Å²) in [6, 6.07) is 9.13. The molecule has 0 saturated carbocycles. The molecule has 2 rings (SSSR count). The van der Waals surface area contributed by atoms with Crippen LogP contribution in [0.1, 0.15) is 59.8 Å². The molecule has 0 aliphatic heterocycles. The minimum Gasteiger partial charge on any atom is -0.140 e. The molecule has 0 nitrogen and oxygen atoms in total. The third-order valence-corrected chi connectivity index (χ3v) is 14.0. The first-order chi connectivity index (χ1) is 10.4. The highest BCUT2D eigenvalue weighted by Crippen LogP contribution is 2.44. The van der Waals surface area contributed by atoms with E-state index in [9.17, 15) is 0 Å². The number of thiophene rings is 1. The maximum absolute atomic E-state index is 2.48. The predicted octanol–water partition coefficient (Wildman–Crippen LogP) is 6.74. The van der Waals surface area contributed by atoms with Crippen molar-refractivity contribution in [3.05, 3.63) is 29.1 Å². The van der Waals surface area contributed by atoms with E-state index in [-0.39, 0.29) is 0 Å². The highest BCUT2D eigenvalue weighted by Gasteiger charge is 2.46. The lowest BCUT2D eigenvalue weighted by atomic mass is 10.2. The number of benzene rings is 1. The Balaban J connectivity index is 2.85. The number of fused-ring (bicyclic) bond motifs is 1. The van der Waals surface area contributed by atoms with Gasteiger partial charge in [0.05, 0.1) is 8.07 Å². The SMILES string of the molecule is CCCc1sc2ccccc2c1[Si](C(C)C)(C(C)C)C(C)C. The quantitative estimate of drug-likeness (QED) is 0.514. The molecule has 0 atom stereocenters. The largest absolute Gasteiger partial charge is 0.140 e. The molecule has 1 aromatic carbocycles. The molecule has 0 bridgehead atoms. The van der Waals surface area contributed by atoms with Crippen molar-refractivity contribution < 1.29 is 0 Å². The van der Waals surface area contributed by atoms with Crippen LogP contribution < -0.4 is 5.19 Å². The van der Waals surface area contributed by atoms with Gasteiger partial charge in [0.2, 0.25) is 0 Å². The summed E-state index contributed by atoms with van der Waals surface area (Å²) in [5.74, 6) is 0. The zero-order valence-electron chi connectivity index (χ0n) is 15.4. The average molecular weight is 333 g/mol. The number of hydrogen-bond donors (Lipinski definition) is 0. The molecular formula is C20H32SSi. The molecule has 0 spiro atoms. The molecule has 0 amide bonds. The first-order valence-electron chi connectivity index (χ1n) is 8.88. The van der Waals surface area contributed by atoms with Gasteiger partial charge < -0.3 is 0 Å². The topological polar surface area (TPSA) is 0 Å². The van der Waals surface area contributed by atoms with Crippen LogP contribution in [0, 0.1) is 0 Å². The Bertz CT molecular complexity index is 600. The minimum absolute atomic E-state index is 0.779. The smallest absolute Gasteiger partial charge is 0.0965 e. The summed E-state index contributed by atoms with van der Waals surface area (Å²) in [5.41, 5.74) is 2.34. The van der Waals surface area contributed by atoms with Crippen LogP contribution in [0.4, 0.5) is 0 Å². The molecule has 0 saturated heterocycles. The van der Waals surface area contributed by atoms with Crippen molar-refractivity contribution in [1.82, 2.24) is 0 Å². The number of aryl methyl sites for hydroxylation is 1. The second-order valence-corrected chi connectivity index (χ2v) is 14.5. The van der Waals surface area contributed by atoms with Crippen LogP contribution in [-0.2, 0) is 6.42 Å². The highest BCUT2D eigenvalue weighted by molar-refractivity contribution is 7.22. The van der Waals surface area contributed by atoms with Gasteiger partial charge in [-0.3, -0.25) is 0 Å². The van der Waals surface area contributed by atoms with Crippen LogP contribution in [0.3, 0.4) is 0 Å². The molecule has 0 radical (unpaired) electrons. The lowest BCUT2D eigenvalue weighted by molar-refractivity contribution is 0.833. The maximum Gasteiger partial charge on any atom is 0.0965 e. The fourth-order valence-electron chi connectivity index (χ4n) is 4.84. The van der Waals surface area contributed by atoms with Crippen molar-refractivity contribution in [2.45, 2.75) is 77.9 Å². The van der Waals surface area contributed by atoms with Gasteiger partial charge in [0, 0.05) is 9.58 Å². The van der Waals surface area contributed by atoms with E-state index < -0.39 is 8.07 Å². The Labute approximate surface area is 142 Å². The zero-order valence-corrected chi connectivity index (χ0v) is 17.2. The van der Waals surface area contributed by atoms with E-state index in [2.05, 4.69) is 84.1 Å². The lowest BCUT2D eigenvalue weighted by Crippen LogP contribution is -2.56. The Hall–Kier alpha value is -0.603. The van der Waals surface area contributed by atoms with Crippen LogP contribution in [-0.4, -0.2) is 8.07 Å². The minimum atomic E-state index is -1.59. The monoisotopic (exact) mass is 332 g/mol. The maximum atomic E-state index is 2.48. The summed E-state index contributed by atoms with van der Waals surface area (Å²) in [6.07, 6.45) is 2.49. The second-order valence-electron chi connectivity index (χ2n) is 7.54. The van der Waals surface area contributed by atoms with Crippen LogP contribution in [0.15, 0.2) is 24.3 Å². The van der Waals surface area contributed by atoms with Crippen LogP contribution >= 0.6 is 11.3 Å². The van der Waals surface area contributed by atoms with Gasteiger partial charge in [0.25, 0.3) is 0 Å². The Kier molecular flexibility index (Phi) is 5.55. The van der Waals surface area contributed by atoms with E-state index in [1.807, 2.05) is 0 Å². The van der Waals surface area contributed by atoms with Crippen LogP contribution in [0.5, 0.6) is 0 Å². The summed E-state index contributed by atoms with van der Waals surface area (Å²) >= 11 is 2.06. The van der Waals surface area contributed by atoms with E-state index in [0.29, 0.717) is 0 Å². The van der Waals surface area contributed by atoms with Crippen molar-refractivity contribution in [3.63, 3.8) is 0 Å². The van der Waals surface area contributed by atoms with Gasteiger partial charge in [-0.1, -0.05) is 73.1 Å². The Morgan fingerprint density at radius 1 is 0.909 bits per heavy atom. The zero-order chi connectivity index (χ0) is 16.5. The van der Waals surface area contributed by atoms with Gasteiger partial charge in [0.1, 0.15) is 0 Å². The summed E-state index contributed by atoms with van der Waals surface area (Å²) in [5, 5.41) is 3.37. The summed E-state index contributed by atoms with van der Waals surface area (Å²) in [6.45, 7) is 17.2. The van der Waals surface area contributed by atoms with Crippen molar-refractivity contribution in [3.8, 4) is 0 Å². The van der Waals surface area contributed by atoms with Gasteiger partial charge >= 0.3 is 0 Å². The average Bonchev–Trinajstić information content (AvgIpc) is 2.78. The summed E-state index contributed by atoms with van der Waals surface area (Å²) in [7, 11) is -1.59. The van der Waals surface area contributed by atoms with E-state index in [4.69, 9.17) is 0 Å². The first-order valence-corrected chi connectivity index (χ1v) is 11.9. The normalized spacial score (nSPS) is 13.0. The van der Waals surface area contributed by atoms with Crippen LogP contribution in [0.25, 0.3) is 10.1 Å². The standard InChI is InChI=1S/C20H32SSi/c1-8-11-19-20(17-12-9-10-13-18(17)21-19)22(14(2)3,15(4)5)16(6)7/h9-10,12-16H,8,11H2,1-7H3. The molecule has 2 aromatic rings. The van der Waals surface area contributed by atoms with Gasteiger partial charge in [0.15, 0.2) is 0 Å². The lowest BCUT2D eigenvalue weighted by Gasteiger charge is -2.44. The van der Waals surface area contributed by atoms with Crippen LogP contribution in [0.2, 0.25) is 16.6 Å². The molecule has 122 valence electrons. The third kappa shape index (κ3) is 2.69. The molecular weight excluding hydrogens is 300 g/mol. The Morgan fingerprint density at radius 2 is 1.45 bits per heavy atom. The van der Waals surface area contributed by atoms with Gasteiger partial charge in [-0.15, -0.1) is 11.3 Å². The number of rotatable bonds is 6. The molecule has 0 unspecified atom stereocenters. The summed E-state index contributed by atoms with van der Waals surface area (Å²) in [4.78, 5) is 1.69. The molecule has 0 aliphatic carbocycles. The summed E-state index contributed by atoms with van der Waals surface area (Å²) < 4.78 is 1.50. The molecule has 1 heterocycles. The van der Waals surface area contributed by atoms with E-state index >= 15 is 0 Å². The molecule has 1 aromatic heterocycles. The molecule has 0 aliphatic rings. The van der Waals surface area contributed by atoms with Gasteiger partial charge in [-0.2, -0.15) is 0 Å². The highest BCUT2D eigenvalue weighted by atomic mass is 32.1. The predicted molar refractivity (Wildman–Crippen MR) is 107 cm³/mol. The van der Waals surface area contributed by atoms with Crippen molar-refractivity contribution in [2.75, 3.05) is 0 Å². The molecule has 2 heteroatoms. The van der Waals surface area contributed by atoms with Crippen molar-refractivity contribution in [2.24, 2.45) is 0 Å². The van der Waals surface area contributed by atoms with Gasteiger partial charge in [-0.05, 0) is 39.7 Å². The van der Waals surface area contributed by atoms with Crippen molar-refractivity contribution >= 4 is 34.7 Å². The Morgan fingerprint density at radius 3 is 1.95 bits per heavy atom. The van der Waals surface area contributed by atoms with E-state index in [1.165, 1.54) is 17.5 Å². The fourth-order valence-corrected chi connectivity index (χ4v) is 13.8. The van der Waals surface area contributed by atoms with Crippen molar-refractivity contribution in [1.29, 1.82) is 0 Å². The van der Waals surface area contributed by atoms with Gasteiger partial charge in [-0.25, -0.2) is 0 Å².